The van der Waals surface area contributed by atoms with Crippen LogP contribution >= 0.6 is 11.8 Å². The minimum absolute atomic E-state index is 0.150. The number of benzene rings is 2. The molecule has 28 heavy (non-hydrogen) atoms. The van der Waals surface area contributed by atoms with Gasteiger partial charge in [0.25, 0.3) is 5.91 Å². The molecule has 3 aromatic rings. The first-order valence-corrected chi connectivity index (χ1v) is 9.77. The molecule has 0 aliphatic rings. The lowest BCUT2D eigenvalue weighted by Gasteiger charge is -2.09. The fourth-order valence-electron chi connectivity index (χ4n) is 2.50. The number of aromatic nitrogens is 2. The Hall–Kier alpha value is -3.06. The summed E-state index contributed by atoms with van der Waals surface area (Å²) in [4.78, 5) is 25.0. The molecule has 0 fully saturated rings. The molecular weight excluding hydrogens is 374 g/mol. The van der Waals surface area contributed by atoms with E-state index in [0.717, 1.165) is 21.8 Å². The van der Waals surface area contributed by atoms with Crippen LogP contribution in [0.1, 0.15) is 11.3 Å². The largest absolute Gasteiger partial charge is 0.455 e. The lowest BCUT2D eigenvalue weighted by Crippen LogP contribution is -2.23. The highest BCUT2D eigenvalue weighted by Gasteiger charge is 2.13. The van der Waals surface area contributed by atoms with Crippen molar-refractivity contribution in [3.05, 3.63) is 71.9 Å². The van der Waals surface area contributed by atoms with Gasteiger partial charge in [-0.15, -0.1) is 11.8 Å². The van der Waals surface area contributed by atoms with E-state index in [2.05, 4.69) is 10.4 Å². The van der Waals surface area contributed by atoms with Gasteiger partial charge in [-0.25, -0.2) is 4.68 Å². The van der Waals surface area contributed by atoms with Gasteiger partial charge in [0.05, 0.1) is 17.1 Å². The number of thioether (sulfide) groups is 1. The van der Waals surface area contributed by atoms with E-state index in [0.29, 0.717) is 5.82 Å². The van der Waals surface area contributed by atoms with Crippen molar-refractivity contribution in [3.8, 4) is 5.69 Å². The van der Waals surface area contributed by atoms with E-state index in [1.165, 1.54) is 11.8 Å². The lowest BCUT2D eigenvalue weighted by molar-refractivity contribution is -0.144. The third-order valence-electron chi connectivity index (χ3n) is 3.84. The number of aryl methyl sites for hydroxylation is 2. The van der Waals surface area contributed by atoms with Gasteiger partial charge < -0.3 is 10.1 Å². The molecule has 0 aliphatic carbocycles. The van der Waals surface area contributed by atoms with Crippen molar-refractivity contribution in [2.75, 3.05) is 17.7 Å². The molecule has 1 aromatic heterocycles. The predicted octanol–water partition coefficient (Wildman–Crippen LogP) is 3.76. The molecule has 144 valence electrons. The van der Waals surface area contributed by atoms with Crippen molar-refractivity contribution in [3.63, 3.8) is 0 Å². The minimum Gasteiger partial charge on any atom is -0.455 e. The smallest absolute Gasteiger partial charge is 0.316 e. The van der Waals surface area contributed by atoms with Crippen LogP contribution in [0.3, 0.4) is 0 Å². The van der Waals surface area contributed by atoms with Crippen molar-refractivity contribution in [2.45, 2.75) is 18.7 Å². The van der Waals surface area contributed by atoms with Crippen molar-refractivity contribution >= 4 is 29.5 Å². The molecule has 0 spiro atoms. The monoisotopic (exact) mass is 395 g/mol. The van der Waals surface area contributed by atoms with E-state index in [4.69, 9.17) is 4.74 Å². The first-order chi connectivity index (χ1) is 13.5. The van der Waals surface area contributed by atoms with Crippen LogP contribution in [-0.2, 0) is 14.3 Å². The molecule has 0 unspecified atom stereocenters. The molecule has 1 N–H and O–H groups in total. The Kier molecular flexibility index (Phi) is 6.49. The van der Waals surface area contributed by atoms with Crippen molar-refractivity contribution in [1.82, 2.24) is 9.78 Å². The van der Waals surface area contributed by atoms with Gasteiger partial charge >= 0.3 is 5.97 Å². The number of nitrogens with one attached hydrogen (secondary N) is 1. The lowest BCUT2D eigenvalue weighted by atomic mass is 10.2. The fourth-order valence-corrected chi connectivity index (χ4v) is 3.21. The average molecular weight is 395 g/mol. The molecule has 0 atom stereocenters. The maximum Gasteiger partial charge on any atom is 0.316 e. The number of anilines is 1. The first-order valence-electron chi connectivity index (χ1n) is 8.78. The Bertz CT molecular complexity index is 953. The van der Waals surface area contributed by atoms with E-state index in [-0.39, 0.29) is 12.4 Å². The second-order valence-corrected chi connectivity index (χ2v) is 7.28. The van der Waals surface area contributed by atoms with E-state index >= 15 is 0 Å². The Morgan fingerprint density at radius 3 is 2.50 bits per heavy atom. The summed E-state index contributed by atoms with van der Waals surface area (Å²) in [5.41, 5.74) is 2.75. The maximum absolute atomic E-state index is 12.2. The quantitative estimate of drug-likeness (QED) is 0.487. The maximum atomic E-state index is 12.2. The molecule has 0 saturated carbocycles. The van der Waals surface area contributed by atoms with Crippen molar-refractivity contribution < 1.29 is 14.3 Å². The zero-order valence-corrected chi connectivity index (χ0v) is 16.5. The predicted molar refractivity (Wildman–Crippen MR) is 110 cm³/mol. The van der Waals surface area contributed by atoms with Gasteiger partial charge in [0, 0.05) is 11.0 Å². The number of ether oxygens (including phenoxy) is 1. The highest BCUT2D eigenvalue weighted by Crippen LogP contribution is 2.18. The second-order valence-electron chi connectivity index (χ2n) is 6.23. The van der Waals surface area contributed by atoms with E-state index in [9.17, 15) is 9.59 Å². The van der Waals surface area contributed by atoms with Gasteiger partial charge in [-0.2, -0.15) is 5.10 Å². The topological polar surface area (TPSA) is 73.2 Å². The molecule has 0 saturated heterocycles. The Morgan fingerprint density at radius 1 is 1.07 bits per heavy atom. The normalized spacial score (nSPS) is 10.5. The van der Waals surface area contributed by atoms with Crippen LogP contribution in [0.5, 0.6) is 0 Å². The van der Waals surface area contributed by atoms with Gasteiger partial charge in [-0.3, -0.25) is 9.59 Å². The molecule has 1 amide bonds. The third-order valence-corrected chi connectivity index (χ3v) is 4.83. The molecule has 3 rings (SSSR count). The number of carbonyl (C=O) groups is 2. The number of hydrogen-bond donors (Lipinski definition) is 1. The molecule has 2 aromatic carbocycles. The summed E-state index contributed by atoms with van der Waals surface area (Å²) in [6, 6.07) is 19.1. The minimum atomic E-state index is -0.438. The second kappa shape index (κ2) is 9.23. The molecule has 0 aliphatic heterocycles. The zero-order valence-electron chi connectivity index (χ0n) is 15.7. The van der Waals surface area contributed by atoms with Gasteiger partial charge in [-0.05, 0) is 38.1 Å². The van der Waals surface area contributed by atoms with Crippen LogP contribution in [0, 0.1) is 13.8 Å². The highest BCUT2D eigenvalue weighted by molar-refractivity contribution is 8.00. The summed E-state index contributed by atoms with van der Waals surface area (Å²) in [5.74, 6) is -0.169. The summed E-state index contributed by atoms with van der Waals surface area (Å²) in [5, 5.41) is 7.16. The Balaban J connectivity index is 1.53. The molecule has 7 heteroatoms. The Labute approximate surface area is 167 Å². The van der Waals surface area contributed by atoms with Crippen LogP contribution in [0.15, 0.2) is 65.6 Å². The summed E-state index contributed by atoms with van der Waals surface area (Å²) in [6.07, 6.45) is 0. The summed E-state index contributed by atoms with van der Waals surface area (Å²) in [6.45, 7) is 3.51. The standard InChI is InChI=1S/C21H21N3O3S/c1-15-8-10-17(11-9-15)24-19(12-16(2)23-24)22-20(25)13-27-21(26)14-28-18-6-4-3-5-7-18/h3-12H,13-14H2,1-2H3,(H,22,25). The molecule has 0 radical (unpaired) electrons. The van der Waals surface area contributed by atoms with Crippen molar-refractivity contribution in [1.29, 1.82) is 0 Å². The third kappa shape index (κ3) is 5.47. The first kappa shape index (κ1) is 19.7. The number of nitrogens with zero attached hydrogens (tertiary/aromatic N) is 2. The fraction of sp³-hybridized carbons (Fsp3) is 0.190. The van der Waals surface area contributed by atoms with E-state index < -0.39 is 11.9 Å². The molecular formula is C21H21N3O3S. The van der Waals surface area contributed by atoms with Crippen LogP contribution in [0.2, 0.25) is 0 Å². The van der Waals surface area contributed by atoms with Crippen LogP contribution in [0.4, 0.5) is 5.82 Å². The number of carbonyl (C=O) groups excluding carboxylic acids is 2. The summed E-state index contributed by atoms with van der Waals surface area (Å²) in [7, 11) is 0. The van der Waals surface area contributed by atoms with Crippen molar-refractivity contribution in [2.24, 2.45) is 0 Å². The molecule has 1 heterocycles. The molecule has 6 nitrogen and oxygen atoms in total. The van der Waals surface area contributed by atoms with Gasteiger partial charge in [0.2, 0.25) is 0 Å². The average Bonchev–Trinajstić information content (AvgIpc) is 3.06. The summed E-state index contributed by atoms with van der Waals surface area (Å²) < 4.78 is 6.72. The Morgan fingerprint density at radius 2 is 1.79 bits per heavy atom. The van der Waals surface area contributed by atoms with Gasteiger partial charge in [-0.1, -0.05) is 35.9 Å². The van der Waals surface area contributed by atoms with Crippen LogP contribution in [0.25, 0.3) is 5.69 Å². The van der Waals surface area contributed by atoms with Gasteiger partial charge in [0.15, 0.2) is 6.61 Å². The number of hydrogen-bond acceptors (Lipinski definition) is 5. The SMILES string of the molecule is Cc1ccc(-n2nc(C)cc2NC(=O)COC(=O)CSc2ccccc2)cc1. The van der Waals surface area contributed by atoms with E-state index in [1.54, 1.807) is 10.7 Å². The molecule has 0 bridgehead atoms. The number of esters is 1. The zero-order chi connectivity index (χ0) is 19.9. The van der Waals surface area contributed by atoms with Gasteiger partial charge in [0.1, 0.15) is 5.82 Å². The summed E-state index contributed by atoms with van der Waals surface area (Å²) >= 11 is 1.37. The highest BCUT2D eigenvalue weighted by atomic mass is 32.2. The van der Waals surface area contributed by atoms with Crippen LogP contribution in [-0.4, -0.2) is 34.0 Å². The van der Waals surface area contributed by atoms with E-state index in [1.807, 2.05) is 68.4 Å². The van der Waals surface area contributed by atoms with Crippen LogP contribution < -0.4 is 5.32 Å². The number of rotatable bonds is 7. The number of amides is 1.